The lowest BCUT2D eigenvalue weighted by atomic mass is 10.2. The maximum Gasteiger partial charge on any atom is 0.303 e. The van der Waals surface area contributed by atoms with Crippen LogP contribution in [0.15, 0.2) is 12.2 Å². The van der Waals surface area contributed by atoms with Crippen LogP contribution in [0.2, 0.25) is 0 Å². The van der Waals surface area contributed by atoms with Crippen LogP contribution in [0, 0.1) is 11.3 Å². The summed E-state index contributed by atoms with van der Waals surface area (Å²) in [5.41, 5.74) is 0. The van der Waals surface area contributed by atoms with Crippen molar-refractivity contribution < 1.29 is 9.90 Å². The van der Waals surface area contributed by atoms with Gasteiger partial charge in [0.2, 0.25) is 0 Å². The van der Waals surface area contributed by atoms with Gasteiger partial charge in [0.05, 0.1) is 6.07 Å². The highest BCUT2D eigenvalue weighted by molar-refractivity contribution is 5.66. The smallest absolute Gasteiger partial charge is 0.303 e. The van der Waals surface area contributed by atoms with Gasteiger partial charge in [-0.3, -0.25) is 4.79 Å². The quantitative estimate of drug-likeness (QED) is 0.472. The summed E-state index contributed by atoms with van der Waals surface area (Å²) in [6.45, 7) is 0. The molecule has 0 aliphatic heterocycles. The van der Waals surface area contributed by atoms with E-state index in [1.54, 1.807) is 6.08 Å². The van der Waals surface area contributed by atoms with E-state index in [9.17, 15) is 4.79 Å². The van der Waals surface area contributed by atoms with Gasteiger partial charge in [-0.25, -0.2) is 0 Å². The fourth-order valence-corrected chi connectivity index (χ4v) is 0.507. The Morgan fingerprint density at radius 3 is 2.90 bits per heavy atom. The second-order valence-electron chi connectivity index (χ2n) is 1.82. The molecule has 0 saturated heterocycles. The summed E-state index contributed by atoms with van der Waals surface area (Å²) in [4.78, 5) is 9.94. The standard InChI is InChI=1S/C7H9NO2/c8-6-4-2-1-3-5-7(9)10/h2,4H,1,3,5H2,(H,9,10)/b4-2+. The Hall–Kier alpha value is -1.30. The molecule has 1 N–H and O–H groups in total. The van der Waals surface area contributed by atoms with Crippen LogP contribution in [0.1, 0.15) is 19.3 Å². The summed E-state index contributed by atoms with van der Waals surface area (Å²) in [6, 6.07) is 1.83. The number of hydrogen-bond acceptors (Lipinski definition) is 2. The van der Waals surface area contributed by atoms with Crippen LogP contribution in [0.3, 0.4) is 0 Å². The highest BCUT2D eigenvalue weighted by Crippen LogP contribution is 1.95. The molecule has 3 nitrogen and oxygen atoms in total. The summed E-state index contributed by atoms with van der Waals surface area (Å²) >= 11 is 0. The third-order valence-corrected chi connectivity index (χ3v) is 0.954. The van der Waals surface area contributed by atoms with E-state index in [4.69, 9.17) is 10.4 Å². The van der Waals surface area contributed by atoms with E-state index in [0.29, 0.717) is 12.8 Å². The average molecular weight is 139 g/mol. The van der Waals surface area contributed by atoms with Gasteiger partial charge in [0.1, 0.15) is 0 Å². The molecule has 0 saturated carbocycles. The Kier molecular flexibility index (Phi) is 5.07. The first-order chi connectivity index (χ1) is 4.77. The van der Waals surface area contributed by atoms with Crippen LogP contribution in [-0.4, -0.2) is 11.1 Å². The predicted octanol–water partition coefficient (Wildman–Crippen LogP) is 1.32. The van der Waals surface area contributed by atoms with Gasteiger partial charge in [-0.2, -0.15) is 5.26 Å². The van der Waals surface area contributed by atoms with Crippen LogP contribution >= 0.6 is 0 Å². The van der Waals surface area contributed by atoms with Crippen LogP contribution in [0.5, 0.6) is 0 Å². The lowest BCUT2D eigenvalue weighted by molar-refractivity contribution is -0.137. The van der Waals surface area contributed by atoms with Crippen molar-refractivity contribution in [2.75, 3.05) is 0 Å². The molecule has 0 unspecified atom stereocenters. The fourth-order valence-electron chi connectivity index (χ4n) is 0.507. The molecule has 3 heteroatoms. The summed E-state index contributed by atoms with van der Waals surface area (Å²) in [7, 11) is 0. The molecule has 0 spiro atoms. The number of hydrogen-bond donors (Lipinski definition) is 1. The maximum absolute atomic E-state index is 9.94. The monoisotopic (exact) mass is 139 g/mol. The first-order valence-corrected chi connectivity index (χ1v) is 3.04. The molecule has 0 bridgehead atoms. The number of carboxylic acids is 1. The molecule has 0 atom stereocenters. The number of nitriles is 1. The number of carboxylic acid groups (broad SMARTS) is 1. The molecule has 0 aliphatic rings. The fraction of sp³-hybridized carbons (Fsp3) is 0.429. The van der Waals surface area contributed by atoms with Gasteiger partial charge in [-0.1, -0.05) is 6.08 Å². The molecule has 0 heterocycles. The van der Waals surface area contributed by atoms with Crippen molar-refractivity contribution in [1.29, 1.82) is 5.26 Å². The van der Waals surface area contributed by atoms with Gasteiger partial charge in [0.25, 0.3) is 0 Å². The van der Waals surface area contributed by atoms with E-state index in [1.165, 1.54) is 6.08 Å². The predicted molar refractivity (Wildman–Crippen MR) is 36.2 cm³/mol. The van der Waals surface area contributed by atoms with Crippen LogP contribution < -0.4 is 0 Å². The number of nitrogens with zero attached hydrogens (tertiary/aromatic N) is 1. The van der Waals surface area contributed by atoms with Gasteiger partial charge < -0.3 is 5.11 Å². The third kappa shape index (κ3) is 6.70. The third-order valence-electron chi connectivity index (χ3n) is 0.954. The second kappa shape index (κ2) is 5.83. The lowest BCUT2D eigenvalue weighted by Crippen LogP contribution is -1.92. The van der Waals surface area contributed by atoms with Crippen molar-refractivity contribution in [1.82, 2.24) is 0 Å². The van der Waals surface area contributed by atoms with E-state index in [2.05, 4.69) is 0 Å². The van der Waals surface area contributed by atoms with Gasteiger partial charge >= 0.3 is 5.97 Å². The molecular formula is C7H9NO2. The first-order valence-electron chi connectivity index (χ1n) is 3.04. The van der Waals surface area contributed by atoms with E-state index < -0.39 is 5.97 Å². The molecular weight excluding hydrogens is 130 g/mol. The first kappa shape index (κ1) is 8.70. The molecule has 10 heavy (non-hydrogen) atoms. The molecule has 0 radical (unpaired) electrons. The number of allylic oxidation sites excluding steroid dienone is 2. The van der Waals surface area contributed by atoms with E-state index in [0.717, 1.165) is 0 Å². The maximum atomic E-state index is 9.94. The topological polar surface area (TPSA) is 61.1 Å². The summed E-state index contributed by atoms with van der Waals surface area (Å²) < 4.78 is 0. The summed E-state index contributed by atoms with van der Waals surface area (Å²) in [6.07, 6.45) is 4.48. The second-order valence-corrected chi connectivity index (χ2v) is 1.82. The minimum absolute atomic E-state index is 0.176. The zero-order valence-electron chi connectivity index (χ0n) is 5.58. The number of rotatable bonds is 4. The minimum Gasteiger partial charge on any atom is -0.481 e. The van der Waals surface area contributed by atoms with E-state index in [1.807, 2.05) is 6.07 Å². The molecule has 0 fully saturated rings. The van der Waals surface area contributed by atoms with Crippen LogP contribution in [0.25, 0.3) is 0 Å². The van der Waals surface area contributed by atoms with Crippen molar-refractivity contribution in [2.24, 2.45) is 0 Å². The zero-order valence-corrected chi connectivity index (χ0v) is 5.58. The van der Waals surface area contributed by atoms with Gasteiger partial charge in [0, 0.05) is 12.5 Å². The van der Waals surface area contributed by atoms with Crippen molar-refractivity contribution >= 4 is 5.97 Å². The normalized spacial score (nSPS) is 9.50. The molecule has 0 aromatic heterocycles. The Bertz CT molecular complexity index is 167. The number of aliphatic carboxylic acids is 1. The van der Waals surface area contributed by atoms with Crippen molar-refractivity contribution in [3.8, 4) is 6.07 Å². The van der Waals surface area contributed by atoms with E-state index in [-0.39, 0.29) is 6.42 Å². The van der Waals surface area contributed by atoms with Gasteiger partial charge in [-0.05, 0) is 12.8 Å². The zero-order chi connectivity index (χ0) is 7.82. The number of unbranched alkanes of at least 4 members (excludes halogenated alkanes) is 1. The summed E-state index contributed by atoms with van der Waals surface area (Å²) in [5, 5.41) is 16.2. The Morgan fingerprint density at radius 1 is 1.70 bits per heavy atom. The van der Waals surface area contributed by atoms with Crippen molar-refractivity contribution in [3.05, 3.63) is 12.2 Å². The molecule has 0 amide bonds. The highest BCUT2D eigenvalue weighted by atomic mass is 16.4. The SMILES string of the molecule is N#C/C=C/CCCC(=O)O. The van der Waals surface area contributed by atoms with Gasteiger partial charge in [-0.15, -0.1) is 0 Å². The Balaban J connectivity index is 3.15. The molecule has 0 aliphatic carbocycles. The van der Waals surface area contributed by atoms with Crippen molar-refractivity contribution in [3.63, 3.8) is 0 Å². The Morgan fingerprint density at radius 2 is 2.40 bits per heavy atom. The number of carbonyl (C=O) groups is 1. The van der Waals surface area contributed by atoms with Crippen LogP contribution in [0.4, 0.5) is 0 Å². The van der Waals surface area contributed by atoms with Gasteiger partial charge in [0.15, 0.2) is 0 Å². The molecule has 0 rings (SSSR count). The summed E-state index contributed by atoms with van der Waals surface area (Å²) in [5.74, 6) is -0.787. The molecule has 0 aromatic carbocycles. The minimum atomic E-state index is -0.787. The molecule has 0 aromatic rings. The highest BCUT2D eigenvalue weighted by Gasteiger charge is 1.92. The molecule has 54 valence electrons. The average Bonchev–Trinajstić information content (AvgIpc) is 1.87. The largest absolute Gasteiger partial charge is 0.481 e. The van der Waals surface area contributed by atoms with Crippen molar-refractivity contribution in [2.45, 2.75) is 19.3 Å². The van der Waals surface area contributed by atoms with E-state index >= 15 is 0 Å². The lowest BCUT2D eigenvalue weighted by Gasteiger charge is -1.87. The van der Waals surface area contributed by atoms with Crippen LogP contribution in [-0.2, 0) is 4.79 Å². The Labute approximate surface area is 59.6 Å².